The zero-order valence-corrected chi connectivity index (χ0v) is 10.7. The van der Waals surface area contributed by atoms with Crippen LogP contribution in [-0.2, 0) is 4.79 Å². The van der Waals surface area contributed by atoms with Crippen molar-refractivity contribution in [2.24, 2.45) is 5.73 Å². The van der Waals surface area contributed by atoms with Crippen LogP contribution in [0.3, 0.4) is 0 Å². The van der Waals surface area contributed by atoms with Gasteiger partial charge in [0.05, 0.1) is 13.1 Å². The van der Waals surface area contributed by atoms with Gasteiger partial charge in [0.2, 0.25) is 5.91 Å². The summed E-state index contributed by atoms with van der Waals surface area (Å²) in [6.45, 7) is 7.05. The molecule has 1 amide bonds. The Labute approximate surface area is 102 Å². The van der Waals surface area contributed by atoms with E-state index in [2.05, 4.69) is 18.3 Å². The molecule has 94 valence electrons. The Morgan fingerprint density at radius 3 is 2.59 bits per heavy atom. The van der Waals surface area contributed by atoms with Crippen LogP contribution in [0.1, 0.15) is 16.7 Å². The van der Waals surface area contributed by atoms with Crippen LogP contribution in [-0.4, -0.2) is 25.6 Å². The molecule has 0 aromatic heterocycles. The summed E-state index contributed by atoms with van der Waals surface area (Å²) in [7, 11) is 0. The van der Waals surface area contributed by atoms with Gasteiger partial charge in [-0.25, -0.2) is 0 Å². The number of hydrogen-bond donors (Lipinski definition) is 2. The second-order valence-electron chi connectivity index (χ2n) is 4.06. The fourth-order valence-electron chi connectivity index (χ4n) is 1.56. The van der Waals surface area contributed by atoms with E-state index in [1.807, 2.05) is 19.9 Å². The van der Waals surface area contributed by atoms with E-state index >= 15 is 0 Å². The zero-order valence-electron chi connectivity index (χ0n) is 10.7. The van der Waals surface area contributed by atoms with Gasteiger partial charge in [0.1, 0.15) is 12.4 Å². The van der Waals surface area contributed by atoms with Gasteiger partial charge in [0.25, 0.3) is 0 Å². The van der Waals surface area contributed by atoms with Crippen molar-refractivity contribution in [2.45, 2.75) is 20.8 Å². The average molecular weight is 236 g/mol. The van der Waals surface area contributed by atoms with Gasteiger partial charge in [-0.2, -0.15) is 0 Å². The van der Waals surface area contributed by atoms with Gasteiger partial charge >= 0.3 is 0 Å². The summed E-state index contributed by atoms with van der Waals surface area (Å²) in [5.74, 6) is 0.748. The van der Waals surface area contributed by atoms with E-state index in [-0.39, 0.29) is 12.5 Å². The maximum atomic E-state index is 10.9. The Bertz CT molecular complexity index is 403. The zero-order chi connectivity index (χ0) is 12.8. The molecule has 0 unspecified atom stereocenters. The predicted molar refractivity (Wildman–Crippen MR) is 68.2 cm³/mol. The Balaban J connectivity index is 2.52. The standard InChI is InChI=1S/C13H20N2O2/c1-9-4-5-10(2)13(11(9)3)17-7-6-15-12(16)8-14/h4-5H,6-8,14H2,1-3H3,(H,15,16). The summed E-state index contributed by atoms with van der Waals surface area (Å²) >= 11 is 0. The smallest absolute Gasteiger partial charge is 0.233 e. The Kier molecular flexibility index (Phi) is 4.97. The van der Waals surface area contributed by atoms with Crippen molar-refractivity contribution in [1.29, 1.82) is 0 Å². The largest absolute Gasteiger partial charge is 0.491 e. The van der Waals surface area contributed by atoms with Crippen molar-refractivity contribution >= 4 is 5.91 Å². The topological polar surface area (TPSA) is 64.3 Å². The molecule has 1 aromatic carbocycles. The van der Waals surface area contributed by atoms with Crippen molar-refractivity contribution in [1.82, 2.24) is 5.32 Å². The fraction of sp³-hybridized carbons (Fsp3) is 0.462. The number of benzene rings is 1. The number of hydrogen-bond acceptors (Lipinski definition) is 3. The van der Waals surface area contributed by atoms with Gasteiger partial charge in [0.15, 0.2) is 0 Å². The molecule has 1 rings (SSSR count). The van der Waals surface area contributed by atoms with Crippen LogP contribution < -0.4 is 15.8 Å². The molecule has 0 fully saturated rings. The molecule has 0 heterocycles. The highest BCUT2D eigenvalue weighted by atomic mass is 16.5. The molecule has 0 aliphatic rings. The third-order valence-corrected chi connectivity index (χ3v) is 2.73. The van der Waals surface area contributed by atoms with E-state index in [0.717, 1.165) is 16.9 Å². The molecule has 4 nitrogen and oxygen atoms in total. The minimum atomic E-state index is -0.161. The quantitative estimate of drug-likeness (QED) is 0.751. The molecule has 0 radical (unpaired) electrons. The van der Waals surface area contributed by atoms with Gasteiger partial charge in [-0.3, -0.25) is 4.79 Å². The van der Waals surface area contributed by atoms with Gasteiger partial charge in [0, 0.05) is 0 Å². The summed E-state index contributed by atoms with van der Waals surface area (Å²) < 4.78 is 5.69. The lowest BCUT2D eigenvalue weighted by Crippen LogP contribution is -2.33. The lowest BCUT2D eigenvalue weighted by atomic mass is 10.1. The predicted octanol–water partition coefficient (Wildman–Crippen LogP) is 1.07. The van der Waals surface area contributed by atoms with E-state index in [1.165, 1.54) is 5.56 Å². The molecular weight excluding hydrogens is 216 g/mol. The molecule has 0 saturated heterocycles. The fourth-order valence-corrected chi connectivity index (χ4v) is 1.56. The number of rotatable bonds is 5. The highest BCUT2D eigenvalue weighted by Crippen LogP contribution is 2.25. The Hall–Kier alpha value is -1.55. The maximum absolute atomic E-state index is 10.9. The first-order valence-electron chi connectivity index (χ1n) is 5.72. The molecule has 0 atom stereocenters. The van der Waals surface area contributed by atoms with Crippen molar-refractivity contribution in [2.75, 3.05) is 19.7 Å². The second-order valence-corrected chi connectivity index (χ2v) is 4.06. The number of nitrogens with two attached hydrogens (primary N) is 1. The highest BCUT2D eigenvalue weighted by Gasteiger charge is 2.06. The average Bonchev–Trinajstić information content (AvgIpc) is 2.32. The Morgan fingerprint density at radius 2 is 1.94 bits per heavy atom. The molecule has 17 heavy (non-hydrogen) atoms. The van der Waals surface area contributed by atoms with Gasteiger partial charge in [-0.05, 0) is 37.5 Å². The van der Waals surface area contributed by atoms with Crippen LogP contribution in [0.2, 0.25) is 0 Å². The normalized spacial score (nSPS) is 10.1. The molecule has 0 spiro atoms. The molecule has 0 bridgehead atoms. The lowest BCUT2D eigenvalue weighted by Gasteiger charge is -2.14. The van der Waals surface area contributed by atoms with E-state index in [4.69, 9.17) is 10.5 Å². The third-order valence-electron chi connectivity index (χ3n) is 2.73. The van der Waals surface area contributed by atoms with E-state index < -0.39 is 0 Å². The first kappa shape index (κ1) is 13.5. The van der Waals surface area contributed by atoms with Gasteiger partial charge in [-0.1, -0.05) is 12.1 Å². The second kappa shape index (κ2) is 6.25. The lowest BCUT2D eigenvalue weighted by molar-refractivity contribution is -0.119. The van der Waals surface area contributed by atoms with Crippen LogP contribution in [0.5, 0.6) is 5.75 Å². The van der Waals surface area contributed by atoms with Gasteiger partial charge in [-0.15, -0.1) is 0 Å². The number of amides is 1. The highest BCUT2D eigenvalue weighted by molar-refractivity contribution is 5.77. The first-order valence-corrected chi connectivity index (χ1v) is 5.72. The minimum Gasteiger partial charge on any atom is -0.491 e. The van der Waals surface area contributed by atoms with Crippen molar-refractivity contribution < 1.29 is 9.53 Å². The van der Waals surface area contributed by atoms with Crippen LogP contribution in [0, 0.1) is 20.8 Å². The van der Waals surface area contributed by atoms with Crippen LogP contribution in [0.4, 0.5) is 0 Å². The number of ether oxygens (including phenoxy) is 1. The summed E-state index contributed by atoms with van der Waals surface area (Å²) in [5, 5.41) is 2.67. The van der Waals surface area contributed by atoms with Crippen LogP contribution in [0.15, 0.2) is 12.1 Å². The molecule has 1 aromatic rings. The Morgan fingerprint density at radius 1 is 1.29 bits per heavy atom. The molecule has 4 heteroatoms. The summed E-state index contributed by atoms with van der Waals surface area (Å²) in [5.41, 5.74) is 8.64. The number of carbonyl (C=O) groups excluding carboxylic acids is 1. The summed E-state index contributed by atoms with van der Waals surface area (Å²) in [6.07, 6.45) is 0. The molecule has 0 saturated carbocycles. The number of carbonyl (C=O) groups is 1. The minimum absolute atomic E-state index is 0.0164. The number of aryl methyl sites for hydroxylation is 2. The SMILES string of the molecule is Cc1ccc(C)c(OCCNC(=O)CN)c1C. The van der Waals surface area contributed by atoms with Crippen LogP contribution in [0.25, 0.3) is 0 Å². The van der Waals surface area contributed by atoms with Gasteiger partial charge < -0.3 is 15.8 Å². The van der Waals surface area contributed by atoms with E-state index in [0.29, 0.717) is 13.2 Å². The van der Waals surface area contributed by atoms with Crippen LogP contribution >= 0.6 is 0 Å². The van der Waals surface area contributed by atoms with E-state index in [9.17, 15) is 4.79 Å². The van der Waals surface area contributed by atoms with Crippen molar-refractivity contribution in [3.63, 3.8) is 0 Å². The van der Waals surface area contributed by atoms with E-state index in [1.54, 1.807) is 0 Å². The first-order chi connectivity index (χ1) is 8.06. The molecule has 3 N–H and O–H groups in total. The molecular formula is C13H20N2O2. The third kappa shape index (κ3) is 3.75. The molecule has 0 aliphatic heterocycles. The number of nitrogens with one attached hydrogen (secondary N) is 1. The summed E-state index contributed by atoms with van der Waals surface area (Å²) in [4.78, 5) is 10.9. The molecule has 0 aliphatic carbocycles. The van der Waals surface area contributed by atoms with Crippen molar-refractivity contribution in [3.05, 3.63) is 28.8 Å². The maximum Gasteiger partial charge on any atom is 0.233 e. The van der Waals surface area contributed by atoms with Crippen molar-refractivity contribution in [3.8, 4) is 5.75 Å². The monoisotopic (exact) mass is 236 g/mol. The summed E-state index contributed by atoms with van der Waals surface area (Å²) in [6, 6.07) is 4.11.